The van der Waals surface area contributed by atoms with Crippen molar-refractivity contribution in [1.29, 1.82) is 0 Å². The fourth-order valence-electron chi connectivity index (χ4n) is 17.3. The molecule has 3 nitrogen and oxygen atoms in total. The van der Waals surface area contributed by atoms with Gasteiger partial charge in [-0.1, -0.05) is 342 Å². The van der Waals surface area contributed by atoms with E-state index in [2.05, 4.69) is 310 Å². The normalized spacial score (nSPS) is 13.4. The summed E-state index contributed by atoms with van der Waals surface area (Å²) in [5.41, 5.74) is 23.0. The van der Waals surface area contributed by atoms with Crippen molar-refractivity contribution in [2.24, 2.45) is 0 Å². The quantitative estimate of drug-likeness (QED) is 0.0999. The van der Waals surface area contributed by atoms with Crippen LogP contribution in [-0.2, 0) is 5.41 Å². The van der Waals surface area contributed by atoms with Gasteiger partial charge in [-0.15, -0.1) is 0 Å². The predicted molar refractivity (Wildman–Crippen MR) is 462 cm³/mol. The van der Waals surface area contributed by atoms with Crippen LogP contribution in [0, 0.1) is 0 Å². The van der Waals surface area contributed by atoms with Gasteiger partial charge in [0.1, 0.15) is 0 Å². The van der Waals surface area contributed by atoms with Crippen molar-refractivity contribution in [2.45, 2.75) is 26.2 Å². The van der Waals surface area contributed by atoms with Gasteiger partial charge in [0.15, 0.2) is 0 Å². The molecule has 2 aliphatic heterocycles. The van der Waals surface area contributed by atoms with Crippen LogP contribution in [0.5, 0.6) is 0 Å². The van der Waals surface area contributed by atoms with E-state index in [0.717, 1.165) is 134 Å². The van der Waals surface area contributed by atoms with E-state index in [9.17, 15) is 9.60 Å². The fourth-order valence-corrected chi connectivity index (χ4v) is 17.3. The molecule has 2 aliphatic rings. The minimum absolute atomic E-state index is 0.0708. The van der Waals surface area contributed by atoms with Crippen LogP contribution in [0.25, 0.3) is 148 Å². The van der Waals surface area contributed by atoms with Crippen molar-refractivity contribution in [1.82, 2.24) is 4.57 Å². The highest BCUT2D eigenvalue weighted by atomic mass is 15.2. The maximum atomic E-state index is 10.7. The highest BCUT2D eigenvalue weighted by Crippen LogP contribution is 2.55. The summed E-state index contributed by atoms with van der Waals surface area (Å²) in [6.07, 6.45) is 0. The Morgan fingerprint density at radius 1 is 0.278 bits per heavy atom. The lowest BCUT2D eigenvalue weighted by Crippen LogP contribution is -2.61. The average Bonchev–Trinajstić information content (AvgIpc) is 1.48. The molecule has 18 aromatic carbocycles. The number of hydrogen-bond donors (Lipinski definition) is 0. The second-order valence-electron chi connectivity index (χ2n) is 29.7. The van der Waals surface area contributed by atoms with Crippen molar-refractivity contribution in [2.75, 3.05) is 9.80 Å². The lowest BCUT2D eigenvalue weighted by atomic mass is 9.33. The van der Waals surface area contributed by atoms with E-state index in [1.165, 1.54) is 32.3 Å². The standard InChI is InChI=1S/C104H72BN3/c1-104(2,3)81-64-99-101-100(65-81)108(102-87(69-29-12-6-13-30-69)40-23-41-88(102)70-31-14-7-15-32-70)98-66-82(106-95-44-21-20-39-91(95)92-56-49-76(63-97(92)106)74-36-22-35-73(59-74)67-25-8-4-9-26-67)53-57-93(98)105(101)94-62-75(68-27-10-5-11-28-68)52-58-96(94)107(99)103-89(79-50-54-85-77(60-79)47-45-71-33-16-18-37-83(71)85)42-24-43-90(103)80-51-55-86-78(61-80)48-46-72-34-17-19-38-84(72)86/h4-66H,1-3H3/i20D,21D,39D,44D,49D,56D,63D. The molecule has 0 N–H and O–H groups in total. The van der Waals surface area contributed by atoms with Gasteiger partial charge in [-0.2, -0.15) is 0 Å². The zero-order chi connectivity index (χ0) is 77.8. The molecule has 0 amide bonds. The van der Waals surface area contributed by atoms with Gasteiger partial charge in [-0.3, -0.25) is 0 Å². The maximum Gasteiger partial charge on any atom is 0.252 e. The van der Waals surface area contributed by atoms with Crippen molar-refractivity contribution >= 4 is 122 Å². The maximum absolute atomic E-state index is 10.7. The van der Waals surface area contributed by atoms with Crippen molar-refractivity contribution in [3.63, 3.8) is 0 Å². The minimum Gasteiger partial charge on any atom is -0.310 e. The van der Waals surface area contributed by atoms with Crippen LogP contribution in [0.1, 0.15) is 35.9 Å². The Balaban J connectivity index is 0.908. The van der Waals surface area contributed by atoms with Crippen LogP contribution in [0.4, 0.5) is 34.1 Å². The first-order valence-corrected chi connectivity index (χ1v) is 37.2. The highest BCUT2D eigenvalue weighted by molar-refractivity contribution is 7.00. The summed E-state index contributed by atoms with van der Waals surface area (Å²) in [4.78, 5) is 5.08. The molecule has 0 saturated heterocycles. The predicted octanol–water partition coefficient (Wildman–Crippen LogP) is 26.4. The first kappa shape index (κ1) is 55.9. The summed E-state index contributed by atoms with van der Waals surface area (Å²) in [5, 5.41) is 9.58. The molecule has 0 bridgehead atoms. The van der Waals surface area contributed by atoms with Crippen LogP contribution >= 0.6 is 0 Å². The van der Waals surface area contributed by atoms with E-state index < -0.39 is 24.2 Å². The van der Waals surface area contributed by atoms with Crippen LogP contribution in [0.3, 0.4) is 0 Å². The molecule has 506 valence electrons. The Bertz CT molecular complexity index is 7110. The summed E-state index contributed by atoms with van der Waals surface area (Å²) in [6, 6.07) is 119. The van der Waals surface area contributed by atoms with E-state index in [0.29, 0.717) is 11.3 Å². The number of fused-ring (bicyclic) bond motifs is 13. The number of rotatable bonds is 10. The smallest absolute Gasteiger partial charge is 0.252 e. The lowest BCUT2D eigenvalue weighted by molar-refractivity contribution is 0.590. The average molecular weight is 1380 g/mol. The van der Waals surface area contributed by atoms with Crippen LogP contribution in [0.2, 0.25) is 0 Å². The number of para-hydroxylation sites is 3. The third kappa shape index (κ3) is 10.3. The highest BCUT2D eigenvalue weighted by Gasteiger charge is 2.46. The third-order valence-corrected chi connectivity index (χ3v) is 22.5. The molecule has 3 heterocycles. The minimum atomic E-state index is -0.479. The van der Waals surface area contributed by atoms with Crippen LogP contribution in [-0.4, -0.2) is 11.3 Å². The topological polar surface area (TPSA) is 11.4 Å². The first-order chi connectivity index (χ1) is 56.1. The number of hydrogen-bond acceptors (Lipinski definition) is 2. The number of anilines is 6. The molecule has 0 atom stereocenters. The lowest BCUT2D eigenvalue weighted by Gasteiger charge is -2.46. The molecule has 0 spiro atoms. The van der Waals surface area contributed by atoms with Crippen LogP contribution in [0.15, 0.2) is 382 Å². The molecule has 19 aromatic rings. The largest absolute Gasteiger partial charge is 0.310 e. The Kier molecular flexibility index (Phi) is 13.0. The van der Waals surface area contributed by atoms with E-state index in [-0.39, 0.29) is 57.6 Å². The zero-order valence-corrected chi connectivity index (χ0v) is 59.8. The molecule has 0 fully saturated rings. The van der Waals surface area contributed by atoms with Crippen molar-refractivity contribution < 1.29 is 9.60 Å². The van der Waals surface area contributed by atoms with Crippen molar-refractivity contribution in [3.05, 3.63) is 388 Å². The second-order valence-corrected chi connectivity index (χ2v) is 29.7. The molecule has 0 unspecified atom stereocenters. The molecule has 0 saturated carbocycles. The van der Waals surface area contributed by atoms with Gasteiger partial charge in [0.25, 0.3) is 6.71 Å². The summed E-state index contributed by atoms with van der Waals surface area (Å²) < 4.78 is 71.4. The molecule has 0 radical (unpaired) electrons. The van der Waals surface area contributed by atoms with Crippen molar-refractivity contribution in [3.8, 4) is 83.6 Å². The van der Waals surface area contributed by atoms with Gasteiger partial charge in [0, 0.05) is 61.5 Å². The molecule has 108 heavy (non-hydrogen) atoms. The van der Waals surface area contributed by atoms with Gasteiger partial charge in [0.05, 0.1) is 32.0 Å². The molecule has 4 heteroatoms. The number of aromatic nitrogens is 1. The SMILES string of the molecule is [2H]c1c([2H])c([2H])c2c(c1[2H])c1c([2H])c([2H])c(-c3cccc(-c4ccccc4)c3)c([2H])c1n2-c1ccc2c(c1)N(c1c(-c3ccccc3)cccc1-c1ccccc1)c1cc(C(C)(C)C)cc3c1B2c1cc(-c2ccccc2)ccc1N3c1c(-c2ccc3c(ccc4ccccc43)c2)cccc1-c1ccc2c(ccc3ccccc32)c1. The van der Waals surface area contributed by atoms with Gasteiger partial charge in [-0.05, 0) is 187 Å². The summed E-state index contributed by atoms with van der Waals surface area (Å²) in [7, 11) is 0. The third-order valence-electron chi connectivity index (χ3n) is 22.5. The van der Waals surface area contributed by atoms with Gasteiger partial charge < -0.3 is 14.4 Å². The van der Waals surface area contributed by atoms with E-state index in [1.807, 2.05) is 60.7 Å². The molecular weight excluding hydrogens is 1300 g/mol. The zero-order valence-electron chi connectivity index (χ0n) is 66.8. The number of nitrogens with zero attached hydrogens (tertiary/aromatic N) is 3. The summed E-state index contributed by atoms with van der Waals surface area (Å²) >= 11 is 0. The monoisotopic (exact) mass is 1380 g/mol. The molecule has 0 aliphatic carbocycles. The van der Waals surface area contributed by atoms with E-state index in [4.69, 9.17) is 0 Å². The summed E-state index contributed by atoms with van der Waals surface area (Å²) in [5.74, 6) is 0. The first-order valence-electron chi connectivity index (χ1n) is 40.7. The van der Waals surface area contributed by atoms with E-state index in [1.54, 1.807) is 4.57 Å². The molecule has 1 aromatic heterocycles. The Morgan fingerprint density at radius 3 is 1.31 bits per heavy atom. The number of benzene rings is 18. The van der Waals surface area contributed by atoms with Gasteiger partial charge >= 0.3 is 0 Å². The fraction of sp³-hybridized carbons (Fsp3) is 0.0385. The molecular formula is C104H72BN3. The Morgan fingerprint density at radius 2 is 0.731 bits per heavy atom. The van der Waals surface area contributed by atoms with Crippen LogP contribution < -0.4 is 26.2 Å². The summed E-state index contributed by atoms with van der Waals surface area (Å²) in [6.45, 7) is 6.42. The van der Waals surface area contributed by atoms with Gasteiger partial charge in [0.2, 0.25) is 0 Å². The molecule has 21 rings (SSSR count). The van der Waals surface area contributed by atoms with Gasteiger partial charge in [-0.25, -0.2) is 0 Å². The second kappa shape index (κ2) is 25.1. The Labute approximate surface area is 639 Å². The Hall–Kier alpha value is -13.5. The van der Waals surface area contributed by atoms with E-state index >= 15 is 0 Å².